The normalized spacial score (nSPS) is 14.0. The molecule has 130 valence electrons. The second kappa shape index (κ2) is 6.15. The van der Waals surface area contributed by atoms with Crippen LogP contribution in [0.2, 0.25) is 0 Å². The molecule has 0 saturated heterocycles. The Kier molecular flexibility index (Phi) is 4.15. The molecule has 0 bridgehead atoms. The zero-order chi connectivity index (χ0) is 18.2. The minimum absolute atomic E-state index is 0.125. The van der Waals surface area contributed by atoms with Crippen LogP contribution in [0, 0.1) is 6.92 Å². The van der Waals surface area contributed by atoms with Crippen molar-refractivity contribution in [3.8, 4) is 5.88 Å². The molecule has 0 saturated carbocycles. The highest BCUT2D eigenvalue weighted by molar-refractivity contribution is 6.21. The highest BCUT2D eigenvalue weighted by Crippen LogP contribution is 2.24. The Labute approximate surface area is 140 Å². The molecule has 0 unspecified atom stereocenters. The average Bonchev–Trinajstić information content (AvgIpc) is 2.79. The third-order valence-electron chi connectivity index (χ3n) is 3.52. The number of aromatic nitrogens is 2. The van der Waals surface area contributed by atoms with E-state index >= 15 is 0 Å². The quantitative estimate of drug-likeness (QED) is 0.792. The van der Waals surface area contributed by atoms with Crippen molar-refractivity contribution in [3.63, 3.8) is 0 Å². The summed E-state index contributed by atoms with van der Waals surface area (Å²) in [6.45, 7) is -0.162. The summed E-state index contributed by atoms with van der Waals surface area (Å²) in [6.07, 6.45) is -3.30. The monoisotopic (exact) mass is 351 g/mol. The predicted octanol–water partition coefficient (Wildman–Crippen LogP) is 2.52. The van der Waals surface area contributed by atoms with Crippen molar-refractivity contribution in [1.29, 1.82) is 0 Å². The first kappa shape index (κ1) is 16.9. The molecule has 0 radical (unpaired) electrons. The zero-order valence-electron chi connectivity index (χ0n) is 13.0. The summed E-state index contributed by atoms with van der Waals surface area (Å²) in [6, 6.07) is 6.43. The van der Waals surface area contributed by atoms with Gasteiger partial charge in [-0.25, -0.2) is 9.97 Å². The molecule has 2 aromatic rings. The van der Waals surface area contributed by atoms with Gasteiger partial charge in [0.2, 0.25) is 5.88 Å². The minimum Gasteiger partial charge on any atom is -0.467 e. The van der Waals surface area contributed by atoms with Crippen LogP contribution < -0.4 is 4.74 Å². The minimum atomic E-state index is -4.48. The van der Waals surface area contributed by atoms with Crippen LogP contribution >= 0.6 is 0 Å². The molecule has 0 aliphatic carbocycles. The van der Waals surface area contributed by atoms with Gasteiger partial charge in [-0.3, -0.25) is 14.5 Å². The second-order valence-electron chi connectivity index (χ2n) is 5.40. The standard InChI is InChI=1S/C16H12F3N3O3/c1-9-13(25-8-16(17,18)19)20-6-10(21-9)7-22-14(23)11-4-2-3-5-12(11)15(22)24/h2-6H,7-8H2,1H3. The van der Waals surface area contributed by atoms with Crippen molar-refractivity contribution in [1.82, 2.24) is 14.9 Å². The van der Waals surface area contributed by atoms with Gasteiger partial charge in [-0.05, 0) is 19.1 Å². The van der Waals surface area contributed by atoms with Gasteiger partial charge in [0.15, 0.2) is 6.61 Å². The maximum atomic E-state index is 12.3. The third kappa shape index (κ3) is 3.44. The topological polar surface area (TPSA) is 72.4 Å². The summed E-state index contributed by atoms with van der Waals surface area (Å²) < 4.78 is 41.1. The number of aryl methyl sites for hydroxylation is 1. The molecule has 0 N–H and O–H groups in total. The van der Waals surface area contributed by atoms with Crippen molar-refractivity contribution in [3.05, 3.63) is 53.0 Å². The Morgan fingerprint density at radius 2 is 1.72 bits per heavy atom. The number of ether oxygens (including phenoxy) is 1. The van der Waals surface area contributed by atoms with E-state index in [1.165, 1.54) is 13.1 Å². The molecule has 6 nitrogen and oxygen atoms in total. The van der Waals surface area contributed by atoms with Crippen molar-refractivity contribution >= 4 is 11.8 Å². The van der Waals surface area contributed by atoms with Gasteiger partial charge in [-0.1, -0.05) is 12.1 Å². The lowest BCUT2D eigenvalue weighted by atomic mass is 10.1. The van der Waals surface area contributed by atoms with Crippen molar-refractivity contribution < 1.29 is 27.5 Å². The van der Waals surface area contributed by atoms with Crippen molar-refractivity contribution in [2.45, 2.75) is 19.6 Å². The summed E-state index contributed by atoms with van der Waals surface area (Å²) in [5.74, 6) is -1.14. The number of hydrogen-bond acceptors (Lipinski definition) is 5. The van der Waals surface area contributed by atoms with E-state index in [0.717, 1.165) is 4.90 Å². The number of imide groups is 1. The van der Waals surface area contributed by atoms with Crippen LogP contribution in [0.25, 0.3) is 0 Å². The number of nitrogens with zero attached hydrogens (tertiary/aromatic N) is 3. The third-order valence-corrected chi connectivity index (χ3v) is 3.52. The molecule has 2 amide bonds. The summed E-state index contributed by atoms with van der Waals surface area (Å²) >= 11 is 0. The lowest BCUT2D eigenvalue weighted by molar-refractivity contribution is -0.154. The van der Waals surface area contributed by atoms with Crippen LogP contribution in [-0.4, -0.2) is 39.5 Å². The number of hydrogen-bond donors (Lipinski definition) is 0. The van der Waals surface area contributed by atoms with Crippen molar-refractivity contribution in [2.75, 3.05) is 6.61 Å². The van der Waals surface area contributed by atoms with Crippen LogP contribution in [-0.2, 0) is 6.54 Å². The molecule has 2 heterocycles. The highest BCUT2D eigenvalue weighted by Gasteiger charge is 2.35. The number of alkyl halides is 3. The maximum Gasteiger partial charge on any atom is 0.422 e. The van der Waals surface area contributed by atoms with Crippen LogP contribution in [0.15, 0.2) is 30.5 Å². The Hall–Kier alpha value is -2.97. The summed E-state index contributed by atoms with van der Waals surface area (Å²) in [5, 5.41) is 0. The lowest BCUT2D eigenvalue weighted by Crippen LogP contribution is -2.29. The molecule has 1 aromatic heterocycles. The second-order valence-corrected chi connectivity index (χ2v) is 5.40. The fraction of sp³-hybridized carbons (Fsp3) is 0.250. The first-order valence-electron chi connectivity index (χ1n) is 7.23. The highest BCUT2D eigenvalue weighted by atomic mass is 19.4. The van der Waals surface area contributed by atoms with Crippen LogP contribution in [0.4, 0.5) is 13.2 Å². The molecule has 1 aliphatic heterocycles. The number of benzene rings is 1. The van der Waals surface area contributed by atoms with E-state index in [1.807, 2.05) is 0 Å². The molecular formula is C16H12F3N3O3. The lowest BCUT2D eigenvalue weighted by Gasteiger charge is -2.14. The molecule has 9 heteroatoms. The molecule has 1 aromatic carbocycles. The molecule has 0 spiro atoms. The van der Waals surface area contributed by atoms with E-state index in [-0.39, 0.29) is 23.8 Å². The van der Waals surface area contributed by atoms with E-state index in [4.69, 9.17) is 0 Å². The van der Waals surface area contributed by atoms with Crippen LogP contribution in [0.5, 0.6) is 5.88 Å². The van der Waals surface area contributed by atoms with Crippen LogP contribution in [0.3, 0.4) is 0 Å². The molecule has 3 rings (SSSR count). The summed E-state index contributed by atoms with van der Waals surface area (Å²) in [5.41, 5.74) is 1.02. The largest absolute Gasteiger partial charge is 0.467 e. The van der Waals surface area contributed by atoms with Crippen molar-refractivity contribution in [2.24, 2.45) is 0 Å². The molecule has 0 atom stereocenters. The number of rotatable bonds is 4. The number of halogens is 3. The van der Waals surface area contributed by atoms with Gasteiger partial charge in [0, 0.05) is 0 Å². The van der Waals surface area contributed by atoms with E-state index in [9.17, 15) is 22.8 Å². The molecule has 25 heavy (non-hydrogen) atoms. The Morgan fingerprint density at radius 3 is 2.24 bits per heavy atom. The number of carbonyl (C=O) groups excluding carboxylic acids is 2. The Bertz CT molecular complexity index is 817. The summed E-state index contributed by atoms with van der Waals surface area (Å²) in [4.78, 5) is 33.4. The predicted molar refractivity (Wildman–Crippen MR) is 79.0 cm³/mol. The van der Waals surface area contributed by atoms with Gasteiger partial charge in [0.25, 0.3) is 11.8 Å². The van der Waals surface area contributed by atoms with E-state index < -0.39 is 24.6 Å². The van der Waals surface area contributed by atoms with E-state index in [2.05, 4.69) is 14.7 Å². The van der Waals surface area contributed by atoms with Crippen LogP contribution in [0.1, 0.15) is 32.1 Å². The number of carbonyl (C=O) groups is 2. The summed E-state index contributed by atoms with van der Waals surface area (Å²) in [7, 11) is 0. The average molecular weight is 351 g/mol. The number of amides is 2. The zero-order valence-corrected chi connectivity index (χ0v) is 13.0. The Morgan fingerprint density at radius 1 is 1.12 bits per heavy atom. The maximum absolute atomic E-state index is 12.3. The fourth-order valence-corrected chi connectivity index (χ4v) is 2.43. The van der Waals surface area contributed by atoms with Gasteiger partial charge in [0.1, 0.15) is 0 Å². The first-order valence-corrected chi connectivity index (χ1v) is 7.23. The first-order chi connectivity index (χ1) is 11.8. The molecular weight excluding hydrogens is 339 g/mol. The van der Waals surface area contributed by atoms with Gasteiger partial charge in [-0.2, -0.15) is 13.2 Å². The van der Waals surface area contributed by atoms with E-state index in [0.29, 0.717) is 11.1 Å². The van der Waals surface area contributed by atoms with Gasteiger partial charge < -0.3 is 4.74 Å². The van der Waals surface area contributed by atoms with E-state index in [1.54, 1.807) is 24.3 Å². The van der Waals surface area contributed by atoms with Gasteiger partial charge in [0.05, 0.1) is 35.3 Å². The fourth-order valence-electron chi connectivity index (χ4n) is 2.43. The van der Waals surface area contributed by atoms with Gasteiger partial charge in [-0.15, -0.1) is 0 Å². The van der Waals surface area contributed by atoms with Gasteiger partial charge >= 0.3 is 6.18 Å². The number of fused-ring (bicyclic) bond motifs is 1. The SMILES string of the molecule is Cc1nc(CN2C(=O)c3ccccc3C2=O)cnc1OCC(F)(F)F. The molecule has 1 aliphatic rings. The molecule has 0 fully saturated rings. The smallest absolute Gasteiger partial charge is 0.422 e. The Balaban J connectivity index is 1.75.